The summed E-state index contributed by atoms with van der Waals surface area (Å²) in [6.07, 6.45) is 4.25. The van der Waals surface area contributed by atoms with Gasteiger partial charge in [-0.25, -0.2) is 4.57 Å². The minimum atomic E-state index is 1.02. The van der Waals surface area contributed by atoms with Gasteiger partial charge in [-0.3, -0.25) is 0 Å². The lowest BCUT2D eigenvalue weighted by Crippen LogP contribution is -2.31. The standard InChI is InChI=1S/C28H24N/c1-17-12-13-29(3)25(14-17)26-18(2)23-15-19-8-4-6-10-21(19)27(23)28-22-11-7-5-9-20(22)16-24(26)28/h4-14H,15-16H2,1-3H3/q+1. The number of fused-ring (bicyclic) bond motifs is 7. The maximum Gasteiger partial charge on any atom is 0.213 e. The first-order chi connectivity index (χ1) is 14.1. The van der Waals surface area contributed by atoms with Crippen LogP contribution in [0, 0.1) is 13.8 Å². The Morgan fingerprint density at radius 1 is 0.690 bits per heavy atom. The fourth-order valence-corrected chi connectivity index (χ4v) is 5.47. The van der Waals surface area contributed by atoms with Gasteiger partial charge in [0.05, 0.1) is 5.56 Å². The quantitative estimate of drug-likeness (QED) is 0.314. The van der Waals surface area contributed by atoms with Crippen molar-refractivity contribution in [3.05, 3.63) is 100 Å². The molecule has 4 aromatic rings. The summed E-state index contributed by atoms with van der Waals surface area (Å²) in [7, 11) is 2.17. The Morgan fingerprint density at radius 3 is 1.97 bits per heavy atom. The molecule has 0 N–H and O–H groups in total. The second-order valence-electron chi connectivity index (χ2n) is 8.58. The minimum absolute atomic E-state index is 1.02. The Bertz CT molecular complexity index is 1330. The fourth-order valence-electron chi connectivity index (χ4n) is 5.47. The van der Waals surface area contributed by atoms with Gasteiger partial charge in [0.1, 0.15) is 7.05 Å². The van der Waals surface area contributed by atoms with E-state index in [1.165, 1.54) is 66.9 Å². The largest absolute Gasteiger partial charge is 0.213 e. The number of hydrogen-bond donors (Lipinski definition) is 0. The number of pyridine rings is 1. The van der Waals surface area contributed by atoms with E-state index in [2.05, 4.69) is 92.3 Å². The Hall–Kier alpha value is -3.19. The molecule has 0 unspecified atom stereocenters. The lowest BCUT2D eigenvalue weighted by molar-refractivity contribution is -0.660. The third kappa shape index (κ3) is 2.25. The second-order valence-corrected chi connectivity index (χ2v) is 8.58. The second kappa shape index (κ2) is 5.90. The van der Waals surface area contributed by atoms with Crippen molar-refractivity contribution < 1.29 is 4.57 Å². The summed E-state index contributed by atoms with van der Waals surface area (Å²) >= 11 is 0. The van der Waals surface area contributed by atoms with Crippen molar-refractivity contribution in [3.8, 4) is 33.5 Å². The molecule has 2 aliphatic carbocycles. The molecule has 0 spiro atoms. The van der Waals surface area contributed by atoms with Crippen LogP contribution in [-0.4, -0.2) is 0 Å². The highest BCUT2D eigenvalue weighted by molar-refractivity contribution is 6.00. The smallest absolute Gasteiger partial charge is 0.201 e. The zero-order valence-electron chi connectivity index (χ0n) is 17.2. The number of aryl methyl sites for hydroxylation is 2. The van der Waals surface area contributed by atoms with Crippen LogP contribution in [0.1, 0.15) is 33.4 Å². The van der Waals surface area contributed by atoms with Crippen LogP contribution < -0.4 is 4.57 Å². The molecule has 0 saturated carbocycles. The molecule has 0 radical (unpaired) electrons. The molecule has 1 aromatic heterocycles. The van der Waals surface area contributed by atoms with Crippen molar-refractivity contribution in [2.75, 3.05) is 0 Å². The number of rotatable bonds is 1. The van der Waals surface area contributed by atoms with E-state index in [1.807, 2.05) is 0 Å². The predicted molar refractivity (Wildman–Crippen MR) is 119 cm³/mol. The van der Waals surface area contributed by atoms with Gasteiger partial charge in [0.2, 0.25) is 5.69 Å². The summed E-state index contributed by atoms with van der Waals surface area (Å²) in [6.45, 7) is 4.53. The zero-order chi connectivity index (χ0) is 19.7. The van der Waals surface area contributed by atoms with Gasteiger partial charge in [-0.1, -0.05) is 48.5 Å². The van der Waals surface area contributed by atoms with Crippen molar-refractivity contribution in [2.45, 2.75) is 26.7 Å². The van der Waals surface area contributed by atoms with Crippen molar-refractivity contribution in [1.82, 2.24) is 0 Å². The lowest BCUT2D eigenvalue weighted by atomic mass is 9.85. The Labute approximate surface area is 172 Å². The molecule has 0 saturated heterocycles. The Balaban J connectivity index is 1.77. The molecule has 0 bridgehead atoms. The first-order valence-corrected chi connectivity index (χ1v) is 10.4. The van der Waals surface area contributed by atoms with Crippen molar-refractivity contribution >= 4 is 0 Å². The van der Waals surface area contributed by atoms with Crippen LogP contribution in [0.2, 0.25) is 0 Å². The summed E-state index contributed by atoms with van der Waals surface area (Å²) in [5, 5.41) is 0. The number of nitrogens with zero attached hydrogens (tertiary/aromatic N) is 1. The summed E-state index contributed by atoms with van der Waals surface area (Å²) < 4.78 is 2.28. The van der Waals surface area contributed by atoms with E-state index in [0.717, 1.165) is 12.8 Å². The normalized spacial score (nSPS) is 13.1. The molecular weight excluding hydrogens is 350 g/mol. The average Bonchev–Trinajstić information content (AvgIpc) is 3.29. The molecule has 29 heavy (non-hydrogen) atoms. The first kappa shape index (κ1) is 16.7. The predicted octanol–water partition coefficient (Wildman–Crippen LogP) is 5.94. The SMILES string of the molecule is Cc1cc[n+](C)c(-c2c(C)c3c(c4c2Cc2ccccc2-4)-c2ccccc2C3)c1. The van der Waals surface area contributed by atoms with Gasteiger partial charge in [-0.15, -0.1) is 0 Å². The van der Waals surface area contributed by atoms with E-state index in [1.54, 1.807) is 0 Å². The topological polar surface area (TPSA) is 3.88 Å². The van der Waals surface area contributed by atoms with E-state index < -0.39 is 0 Å². The molecule has 2 aliphatic rings. The summed E-state index contributed by atoms with van der Waals surface area (Å²) in [5.74, 6) is 0. The van der Waals surface area contributed by atoms with E-state index in [-0.39, 0.29) is 0 Å². The highest BCUT2D eigenvalue weighted by Crippen LogP contribution is 2.53. The molecule has 0 amide bonds. The van der Waals surface area contributed by atoms with Crippen LogP contribution in [0.5, 0.6) is 0 Å². The average molecular weight is 375 g/mol. The van der Waals surface area contributed by atoms with Gasteiger partial charge in [0, 0.05) is 12.1 Å². The molecule has 3 aromatic carbocycles. The van der Waals surface area contributed by atoms with Crippen molar-refractivity contribution in [2.24, 2.45) is 7.05 Å². The third-order valence-corrected chi connectivity index (χ3v) is 6.85. The van der Waals surface area contributed by atoms with Crippen LogP contribution in [0.25, 0.3) is 33.5 Å². The number of benzene rings is 3. The van der Waals surface area contributed by atoms with Gasteiger partial charge in [0.15, 0.2) is 6.20 Å². The summed E-state index contributed by atoms with van der Waals surface area (Å²) in [4.78, 5) is 0. The Kier molecular flexibility index (Phi) is 3.41. The molecule has 0 aliphatic heterocycles. The molecular formula is C28H24N+. The molecule has 6 rings (SSSR count). The van der Waals surface area contributed by atoms with Crippen molar-refractivity contribution in [1.29, 1.82) is 0 Å². The molecule has 1 heteroatoms. The molecule has 1 heterocycles. The first-order valence-electron chi connectivity index (χ1n) is 10.4. The molecule has 140 valence electrons. The maximum absolute atomic E-state index is 2.35. The van der Waals surface area contributed by atoms with Gasteiger partial charge in [-0.05, 0) is 82.3 Å². The summed E-state index contributed by atoms with van der Waals surface area (Å²) in [6, 6.07) is 22.5. The zero-order valence-corrected chi connectivity index (χ0v) is 17.2. The molecule has 1 nitrogen and oxygen atoms in total. The van der Waals surface area contributed by atoms with Gasteiger partial charge in [-0.2, -0.15) is 0 Å². The van der Waals surface area contributed by atoms with E-state index >= 15 is 0 Å². The maximum atomic E-state index is 2.35. The minimum Gasteiger partial charge on any atom is -0.201 e. The monoisotopic (exact) mass is 374 g/mol. The van der Waals surface area contributed by atoms with Crippen LogP contribution in [0.4, 0.5) is 0 Å². The van der Waals surface area contributed by atoms with E-state index in [9.17, 15) is 0 Å². The van der Waals surface area contributed by atoms with Crippen LogP contribution in [0.3, 0.4) is 0 Å². The summed E-state index contributed by atoms with van der Waals surface area (Å²) in [5.41, 5.74) is 17.3. The van der Waals surface area contributed by atoms with Crippen molar-refractivity contribution in [3.63, 3.8) is 0 Å². The van der Waals surface area contributed by atoms with Gasteiger partial charge >= 0.3 is 0 Å². The van der Waals surface area contributed by atoms with E-state index in [0.29, 0.717) is 0 Å². The van der Waals surface area contributed by atoms with Gasteiger partial charge in [0.25, 0.3) is 0 Å². The third-order valence-electron chi connectivity index (χ3n) is 6.85. The Morgan fingerprint density at radius 2 is 1.28 bits per heavy atom. The number of hydrogen-bond acceptors (Lipinski definition) is 0. The van der Waals surface area contributed by atoms with Gasteiger partial charge < -0.3 is 0 Å². The highest BCUT2D eigenvalue weighted by atomic mass is 14.9. The van der Waals surface area contributed by atoms with Crippen LogP contribution in [0.15, 0.2) is 66.9 Å². The lowest BCUT2D eigenvalue weighted by Gasteiger charge is -2.18. The fraction of sp³-hybridized carbons (Fsp3) is 0.179. The van der Waals surface area contributed by atoms with Crippen LogP contribution in [-0.2, 0) is 19.9 Å². The molecule has 0 atom stereocenters. The number of aromatic nitrogens is 1. The highest BCUT2D eigenvalue weighted by Gasteiger charge is 2.34. The molecule has 0 fully saturated rings. The van der Waals surface area contributed by atoms with E-state index in [4.69, 9.17) is 0 Å². The van der Waals surface area contributed by atoms with Crippen LogP contribution >= 0.6 is 0 Å².